The maximum atomic E-state index is 10.1. The minimum absolute atomic E-state index is 0. The van der Waals surface area contributed by atoms with E-state index in [1.54, 1.807) is 11.1 Å². The molecule has 0 amide bonds. The predicted molar refractivity (Wildman–Crippen MR) is 347 cm³/mol. The first-order chi connectivity index (χ1) is 39.2. The van der Waals surface area contributed by atoms with Gasteiger partial charge in [0.25, 0.3) is 0 Å². The van der Waals surface area contributed by atoms with Crippen molar-refractivity contribution in [1.82, 2.24) is 0 Å². The van der Waals surface area contributed by atoms with Crippen LogP contribution in [0.15, 0.2) is 23.3 Å². The van der Waals surface area contributed by atoms with E-state index in [0.717, 1.165) is 145 Å². The van der Waals surface area contributed by atoms with E-state index in [-0.39, 0.29) is 47.2 Å². The molecule has 0 aromatic rings. The lowest BCUT2D eigenvalue weighted by Gasteiger charge is -2.58. The van der Waals surface area contributed by atoms with Gasteiger partial charge in [0.2, 0.25) is 0 Å². The van der Waals surface area contributed by atoms with Gasteiger partial charge < -0.3 is 62.6 Å². The van der Waals surface area contributed by atoms with Gasteiger partial charge in [0, 0.05) is 0 Å². The second kappa shape index (κ2) is 33.2. The van der Waals surface area contributed by atoms with Crippen LogP contribution in [-0.2, 0) is 9.47 Å². The first-order valence-electron chi connectivity index (χ1n) is 36.7. The minimum atomic E-state index is 0. The number of rotatable bonds is 35. The molecule has 0 radical (unpaired) electrons. The molecule has 18 atom stereocenters. The Morgan fingerprint density at radius 3 is 1.17 bits per heavy atom. The maximum absolute atomic E-state index is 10.1. The van der Waals surface area contributed by atoms with Crippen LogP contribution in [0.3, 0.4) is 0 Å². The van der Waals surface area contributed by atoms with Gasteiger partial charge in [-0.05, 0) is 221 Å². The fourth-order valence-corrected chi connectivity index (χ4v) is 22.0. The molecular formula is C76H138Br2N2O4. The Balaban J connectivity index is 0.00000566. The zero-order valence-corrected chi connectivity index (χ0v) is 60.5. The summed E-state index contributed by atoms with van der Waals surface area (Å²) in [4.78, 5) is 0. The van der Waals surface area contributed by atoms with E-state index in [2.05, 4.69) is 95.5 Å². The number of allylic oxidation sites excluding steroid dienone is 2. The molecule has 0 saturated heterocycles. The van der Waals surface area contributed by atoms with Gasteiger partial charge in [-0.25, -0.2) is 0 Å². The van der Waals surface area contributed by atoms with E-state index in [4.69, 9.17) is 9.47 Å². The Hall–Kier alpha value is 0.200. The number of halogens is 2. The number of aliphatic hydroxyl groups excluding tert-OH is 2. The Morgan fingerprint density at radius 1 is 0.440 bits per heavy atom. The summed E-state index contributed by atoms with van der Waals surface area (Å²) in [7, 11) is 4.74. The maximum Gasteiger partial charge on any atom is 0.102 e. The molecule has 0 bridgehead atoms. The molecule has 8 heteroatoms. The van der Waals surface area contributed by atoms with E-state index in [9.17, 15) is 10.2 Å². The van der Waals surface area contributed by atoms with Crippen molar-refractivity contribution in [2.75, 3.05) is 79.8 Å². The number of nitrogens with zero attached hydrogens (tertiary/aromatic N) is 2. The smallest absolute Gasteiger partial charge is 0.102 e. The highest BCUT2D eigenvalue weighted by molar-refractivity contribution is 5.27. The van der Waals surface area contributed by atoms with Crippen molar-refractivity contribution < 1.29 is 62.6 Å². The highest BCUT2D eigenvalue weighted by atomic mass is 79.9. The molecule has 6 saturated carbocycles. The lowest BCUT2D eigenvalue weighted by atomic mass is 9.47. The van der Waals surface area contributed by atoms with Crippen molar-refractivity contribution in [2.24, 2.45) is 92.7 Å². The Kier molecular flexibility index (Phi) is 28.9. The molecule has 8 aliphatic rings. The topological polar surface area (TPSA) is 58.9 Å². The van der Waals surface area contributed by atoms with Crippen LogP contribution in [0.1, 0.15) is 275 Å². The number of likely N-dealkylation sites (N-methyl/N-ethyl adjacent to an activating group) is 2. The second-order valence-electron chi connectivity index (χ2n) is 33.6. The normalized spacial score (nSPS) is 36.5. The number of unbranched alkanes of at least 4 members (excludes halogenated alkanes) is 9. The van der Waals surface area contributed by atoms with Crippen LogP contribution in [0.2, 0.25) is 0 Å². The molecule has 0 spiro atoms. The van der Waals surface area contributed by atoms with Gasteiger partial charge in [-0.3, -0.25) is 0 Å². The van der Waals surface area contributed by atoms with E-state index >= 15 is 0 Å². The van der Waals surface area contributed by atoms with Crippen LogP contribution >= 0.6 is 0 Å². The summed E-state index contributed by atoms with van der Waals surface area (Å²) in [5.41, 5.74) is 5.39. The molecule has 0 aromatic heterocycles. The number of quaternary nitrogens is 2. The average Bonchev–Trinajstić information content (AvgIpc) is 2.43. The molecular weight excluding hydrogens is 1160 g/mol. The molecule has 0 aliphatic heterocycles. The fraction of sp³-hybridized carbons (Fsp3) is 0.947. The van der Waals surface area contributed by atoms with Gasteiger partial charge >= 0.3 is 0 Å². The van der Waals surface area contributed by atoms with Gasteiger partial charge in [-0.2, -0.15) is 0 Å². The van der Waals surface area contributed by atoms with Crippen molar-refractivity contribution >= 4 is 0 Å². The summed E-state index contributed by atoms with van der Waals surface area (Å²) in [5, 5.41) is 20.2. The largest absolute Gasteiger partial charge is 1.00 e. The second-order valence-corrected chi connectivity index (χ2v) is 33.6. The highest BCUT2D eigenvalue weighted by Crippen LogP contribution is 2.69. The third kappa shape index (κ3) is 17.7. The summed E-state index contributed by atoms with van der Waals surface area (Å²) in [6.45, 7) is 33.8. The molecule has 490 valence electrons. The third-order valence-electron chi connectivity index (χ3n) is 27.4. The first kappa shape index (κ1) is 73.3. The number of hydrogen-bond donors (Lipinski definition) is 2. The van der Waals surface area contributed by atoms with Gasteiger partial charge in [-0.15, -0.1) is 0 Å². The summed E-state index contributed by atoms with van der Waals surface area (Å²) in [6.07, 6.45) is 49.7. The van der Waals surface area contributed by atoms with Crippen molar-refractivity contribution in [2.45, 2.75) is 287 Å². The van der Waals surface area contributed by atoms with Crippen LogP contribution in [-0.4, -0.2) is 111 Å². The number of ether oxygens (including phenoxy) is 2. The molecule has 8 aliphatic carbocycles. The molecule has 0 aromatic carbocycles. The Labute approximate surface area is 541 Å². The van der Waals surface area contributed by atoms with Crippen LogP contribution in [0.4, 0.5) is 0 Å². The van der Waals surface area contributed by atoms with E-state index in [1.807, 2.05) is 0 Å². The third-order valence-corrected chi connectivity index (χ3v) is 27.4. The van der Waals surface area contributed by atoms with Crippen molar-refractivity contribution in [3.63, 3.8) is 0 Å². The monoisotopic (exact) mass is 1300 g/mol. The summed E-state index contributed by atoms with van der Waals surface area (Å²) >= 11 is 0. The van der Waals surface area contributed by atoms with Gasteiger partial charge in [0.1, 0.15) is 26.2 Å². The lowest BCUT2D eigenvalue weighted by Crippen LogP contribution is -3.00. The van der Waals surface area contributed by atoms with Crippen LogP contribution in [0.25, 0.3) is 0 Å². The quantitative estimate of drug-likeness (QED) is 0.0377. The summed E-state index contributed by atoms with van der Waals surface area (Å²) in [6, 6.07) is 0. The highest BCUT2D eigenvalue weighted by Gasteiger charge is 2.61. The van der Waals surface area contributed by atoms with E-state index < -0.39 is 0 Å². The molecule has 84 heavy (non-hydrogen) atoms. The van der Waals surface area contributed by atoms with Gasteiger partial charge in [-0.1, -0.05) is 170 Å². The van der Waals surface area contributed by atoms with Crippen LogP contribution < -0.4 is 34.0 Å². The van der Waals surface area contributed by atoms with Gasteiger partial charge in [0.15, 0.2) is 0 Å². The average molecular weight is 1300 g/mol. The molecule has 8 rings (SSSR count). The minimum Gasteiger partial charge on any atom is -1.00 e. The number of aliphatic hydroxyl groups is 2. The van der Waals surface area contributed by atoms with E-state index in [0.29, 0.717) is 33.9 Å². The fourth-order valence-electron chi connectivity index (χ4n) is 22.0. The summed E-state index contributed by atoms with van der Waals surface area (Å²) in [5.74, 6) is 10.7. The van der Waals surface area contributed by atoms with Gasteiger partial charge in [0.05, 0.1) is 65.8 Å². The zero-order valence-electron chi connectivity index (χ0n) is 57.3. The zero-order chi connectivity index (χ0) is 58.8. The Bertz CT molecular complexity index is 1860. The number of fused-ring (bicyclic) bond motifs is 10. The van der Waals surface area contributed by atoms with Crippen LogP contribution in [0.5, 0.6) is 0 Å². The molecule has 6 nitrogen and oxygen atoms in total. The standard InChI is InChI=1S/C76H138N2O4.2BrH/c1-57(2)25-23-27-59(5)67-33-35-69-65-31-29-61-55-63(37-41-73(61,7)71(65)39-43-75(67,69)9)81-53-49-77(11,47-51-79)45-21-19-17-15-13-14-16-18-20-22-46-78(12,48-52-80)50-54-82-64-38-42-74(8)62(56-64)30-32-66-70-36-34-68(60(6)28-24-26-58(3)4)76(70,10)44-40-72(66)74;;/h29-30,57-60,63-72,79-80H,13-28,31-56H2,1-12H3;2*1H/q+2;;/p-2/t59-,60-,63+,64+,65+,66+,67-,68-,69+,70+,71+,72+,73+,74+,75-,76-,77?,78?;;/m1../s1. The molecule has 6 fully saturated rings. The number of hydrogen-bond acceptors (Lipinski definition) is 4. The SMILES string of the molecule is CC(C)CCC[C@@H](C)[C@H]1CC[C@H]2[C@@H]3CC=C4C[C@@H](OCC[N+](C)(CCO)CCCCCCCCCCCC[N+](C)(CCO)CCO[C@H]5CC[C@@]6(C)C(=CC[C@H]7[C@@H]8CC[C@H]([C@H](C)CCCC(C)C)[C@@]8(C)CC[C@@H]76)C5)CC[C@]4(C)[C@H]3CC[C@]12C.[Br-].[Br-]. The van der Waals surface area contributed by atoms with Crippen LogP contribution in [0, 0.1) is 92.7 Å². The van der Waals surface area contributed by atoms with Crippen molar-refractivity contribution in [3.05, 3.63) is 23.3 Å². The summed E-state index contributed by atoms with van der Waals surface area (Å²) < 4.78 is 15.5. The first-order valence-corrected chi connectivity index (χ1v) is 36.7. The molecule has 2 unspecified atom stereocenters. The van der Waals surface area contributed by atoms with E-state index in [1.165, 1.54) is 193 Å². The van der Waals surface area contributed by atoms with Crippen molar-refractivity contribution in [1.29, 1.82) is 0 Å². The lowest BCUT2D eigenvalue weighted by molar-refractivity contribution is -0.910. The molecule has 0 heterocycles. The van der Waals surface area contributed by atoms with Crippen molar-refractivity contribution in [3.8, 4) is 0 Å². The Morgan fingerprint density at radius 2 is 0.810 bits per heavy atom. The molecule has 2 N–H and O–H groups in total. The predicted octanol–water partition coefficient (Wildman–Crippen LogP) is 12.6.